The predicted octanol–water partition coefficient (Wildman–Crippen LogP) is 3.62. The largest absolute Gasteiger partial charge is 0.369 e. The number of nitrogens with one attached hydrogen (secondary N) is 1. The molecule has 1 fully saturated rings. The quantitative estimate of drug-likeness (QED) is 0.835. The van der Waals surface area contributed by atoms with Crippen LogP contribution in [0.4, 0.5) is 5.69 Å². The van der Waals surface area contributed by atoms with Crippen molar-refractivity contribution in [2.45, 2.75) is 39.2 Å². The lowest BCUT2D eigenvalue weighted by atomic mass is 10.0. The van der Waals surface area contributed by atoms with Crippen molar-refractivity contribution in [2.75, 3.05) is 24.5 Å². The minimum atomic E-state index is 0.148. The summed E-state index contributed by atoms with van der Waals surface area (Å²) in [4.78, 5) is 2.47. The molecule has 1 aromatic rings. The molecule has 2 rings (SSSR count). The molecule has 0 bridgehead atoms. The average Bonchev–Trinajstić information content (AvgIpc) is 2.27. The summed E-state index contributed by atoms with van der Waals surface area (Å²) < 4.78 is 0. The van der Waals surface area contributed by atoms with E-state index in [1.807, 2.05) is 6.07 Å². The molecule has 0 atom stereocenters. The number of hydrogen-bond donors (Lipinski definition) is 1. The molecule has 0 aliphatic carbocycles. The number of hydrogen-bond acceptors (Lipinski definition) is 2. The highest BCUT2D eigenvalue weighted by molar-refractivity contribution is 6.30. The van der Waals surface area contributed by atoms with E-state index in [2.05, 4.69) is 43.1 Å². The Morgan fingerprint density at radius 2 is 2.06 bits per heavy atom. The SMILES string of the molecule is Cc1ccc(Cl)cc1N1CCCCNC(C)(C)C1. The zero-order valence-electron chi connectivity index (χ0n) is 11.6. The molecule has 1 aliphatic rings. The highest BCUT2D eigenvalue weighted by Gasteiger charge is 2.23. The van der Waals surface area contributed by atoms with Gasteiger partial charge in [0.15, 0.2) is 0 Å². The van der Waals surface area contributed by atoms with Crippen molar-refractivity contribution in [2.24, 2.45) is 0 Å². The van der Waals surface area contributed by atoms with Crippen LogP contribution in [0, 0.1) is 6.92 Å². The maximum Gasteiger partial charge on any atom is 0.0426 e. The standard InChI is InChI=1S/C15H23ClN2/c1-12-6-7-13(16)10-14(12)18-9-5-4-8-17-15(2,3)11-18/h6-7,10,17H,4-5,8-9,11H2,1-3H3. The Labute approximate surface area is 115 Å². The molecule has 1 heterocycles. The van der Waals surface area contributed by atoms with Gasteiger partial charge < -0.3 is 10.2 Å². The first kappa shape index (κ1) is 13.7. The van der Waals surface area contributed by atoms with E-state index in [0.717, 1.165) is 24.7 Å². The average molecular weight is 267 g/mol. The van der Waals surface area contributed by atoms with Gasteiger partial charge in [0.05, 0.1) is 0 Å². The Kier molecular flexibility index (Phi) is 4.18. The first-order chi connectivity index (χ1) is 8.48. The fraction of sp³-hybridized carbons (Fsp3) is 0.600. The van der Waals surface area contributed by atoms with E-state index < -0.39 is 0 Å². The van der Waals surface area contributed by atoms with Crippen LogP contribution in [0.2, 0.25) is 5.02 Å². The van der Waals surface area contributed by atoms with Gasteiger partial charge in [-0.2, -0.15) is 0 Å². The third-order valence-electron chi connectivity index (χ3n) is 3.56. The van der Waals surface area contributed by atoms with Crippen LogP contribution in [0.3, 0.4) is 0 Å². The summed E-state index contributed by atoms with van der Waals surface area (Å²) in [5, 5.41) is 4.44. The van der Waals surface area contributed by atoms with Crippen LogP contribution < -0.4 is 10.2 Å². The van der Waals surface area contributed by atoms with Crippen molar-refractivity contribution in [1.29, 1.82) is 0 Å². The topological polar surface area (TPSA) is 15.3 Å². The van der Waals surface area contributed by atoms with Crippen LogP contribution in [-0.4, -0.2) is 25.2 Å². The molecule has 0 radical (unpaired) electrons. The molecular formula is C15H23ClN2. The molecule has 1 aromatic carbocycles. The summed E-state index contributed by atoms with van der Waals surface area (Å²) in [7, 11) is 0. The lowest BCUT2D eigenvalue weighted by Gasteiger charge is -2.38. The van der Waals surface area contributed by atoms with Crippen molar-refractivity contribution >= 4 is 17.3 Å². The van der Waals surface area contributed by atoms with Gasteiger partial charge in [-0.05, 0) is 57.9 Å². The first-order valence-corrected chi connectivity index (χ1v) is 7.12. The van der Waals surface area contributed by atoms with Gasteiger partial charge in [-0.25, -0.2) is 0 Å². The molecular weight excluding hydrogens is 244 g/mol. The smallest absolute Gasteiger partial charge is 0.0426 e. The monoisotopic (exact) mass is 266 g/mol. The van der Waals surface area contributed by atoms with E-state index in [-0.39, 0.29) is 5.54 Å². The second-order valence-electron chi connectivity index (χ2n) is 5.87. The van der Waals surface area contributed by atoms with Gasteiger partial charge in [0.2, 0.25) is 0 Å². The molecule has 1 N–H and O–H groups in total. The van der Waals surface area contributed by atoms with Gasteiger partial charge in [-0.15, -0.1) is 0 Å². The lowest BCUT2D eigenvalue weighted by Crippen LogP contribution is -2.51. The van der Waals surface area contributed by atoms with E-state index in [4.69, 9.17) is 11.6 Å². The molecule has 0 saturated carbocycles. The summed E-state index contributed by atoms with van der Waals surface area (Å²) in [6.45, 7) is 9.96. The third kappa shape index (κ3) is 3.39. The van der Waals surface area contributed by atoms with Gasteiger partial charge in [0.1, 0.15) is 0 Å². The zero-order chi connectivity index (χ0) is 13.2. The Bertz CT molecular complexity index is 415. The maximum atomic E-state index is 6.14. The predicted molar refractivity (Wildman–Crippen MR) is 79.7 cm³/mol. The maximum absolute atomic E-state index is 6.14. The Morgan fingerprint density at radius 1 is 1.28 bits per heavy atom. The number of halogens is 1. The molecule has 1 saturated heterocycles. The summed E-state index contributed by atoms with van der Waals surface area (Å²) in [6, 6.07) is 6.17. The Hall–Kier alpha value is -0.730. The summed E-state index contributed by atoms with van der Waals surface area (Å²) in [6.07, 6.45) is 2.47. The Balaban J connectivity index is 2.25. The number of nitrogens with zero attached hydrogens (tertiary/aromatic N) is 1. The molecule has 2 nitrogen and oxygen atoms in total. The van der Waals surface area contributed by atoms with E-state index in [1.54, 1.807) is 0 Å². The second-order valence-corrected chi connectivity index (χ2v) is 6.31. The summed E-state index contributed by atoms with van der Waals surface area (Å²) in [5.74, 6) is 0. The fourth-order valence-electron chi connectivity index (χ4n) is 2.60. The van der Waals surface area contributed by atoms with Crippen molar-refractivity contribution in [1.82, 2.24) is 5.32 Å². The molecule has 18 heavy (non-hydrogen) atoms. The fourth-order valence-corrected chi connectivity index (χ4v) is 2.76. The van der Waals surface area contributed by atoms with E-state index in [0.29, 0.717) is 0 Å². The lowest BCUT2D eigenvalue weighted by molar-refractivity contribution is 0.364. The minimum absolute atomic E-state index is 0.148. The van der Waals surface area contributed by atoms with Crippen molar-refractivity contribution < 1.29 is 0 Å². The molecule has 100 valence electrons. The van der Waals surface area contributed by atoms with E-state index in [9.17, 15) is 0 Å². The molecule has 0 spiro atoms. The van der Waals surface area contributed by atoms with Crippen molar-refractivity contribution in [3.63, 3.8) is 0 Å². The number of benzene rings is 1. The zero-order valence-corrected chi connectivity index (χ0v) is 12.3. The molecule has 3 heteroatoms. The summed E-state index contributed by atoms with van der Waals surface area (Å²) >= 11 is 6.14. The molecule has 0 unspecified atom stereocenters. The molecule has 1 aliphatic heterocycles. The molecule has 0 amide bonds. The van der Waals surface area contributed by atoms with E-state index >= 15 is 0 Å². The van der Waals surface area contributed by atoms with Gasteiger partial charge in [-0.3, -0.25) is 0 Å². The highest BCUT2D eigenvalue weighted by Crippen LogP contribution is 2.26. The van der Waals surface area contributed by atoms with Crippen LogP contribution in [0.25, 0.3) is 0 Å². The normalized spacial score (nSPS) is 20.3. The first-order valence-electron chi connectivity index (χ1n) is 6.74. The van der Waals surface area contributed by atoms with Crippen LogP contribution in [0.1, 0.15) is 32.3 Å². The van der Waals surface area contributed by atoms with Gasteiger partial charge in [0.25, 0.3) is 0 Å². The highest BCUT2D eigenvalue weighted by atomic mass is 35.5. The number of aryl methyl sites for hydroxylation is 1. The van der Waals surface area contributed by atoms with Crippen molar-refractivity contribution in [3.8, 4) is 0 Å². The summed E-state index contributed by atoms with van der Waals surface area (Å²) in [5.41, 5.74) is 2.73. The van der Waals surface area contributed by atoms with E-state index in [1.165, 1.54) is 24.1 Å². The number of anilines is 1. The van der Waals surface area contributed by atoms with Crippen molar-refractivity contribution in [3.05, 3.63) is 28.8 Å². The molecule has 0 aromatic heterocycles. The van der Waals surface area contributed by atoms with Crippen LogP contribution in [-0.2, 0) is 0 Å². The third-order valence-corrected chi connectivity index (χ3v) is 3.79. The van der Waals surface area contributed by atoms with Gasteiger partial charge in [0, 0.05) is 29.3 Å². The second kappa shape index (κ2) is 5.50. The van der Waals surface area contributed by atoms with Crippen LogP contribution in [0.15, 0.2) is 18.2 Å². The minimum Gasteiger partial charge on any atom is -0.369 e. The van der Waals surface area contributed by atoms with Crippen LogP contribution >= 0.6 is 11.6 Å². The van der Waals surface area contributed by atoms with Gasteiger partial charge >= 0.3 is 0 Å². The Morgan fingerprint density at radius 3 is 2.83 bits per heavy atom. The van der Waals surface area contributed by atoms with Gasteiger partial charge in [-0.1, -0.05) is 17.7 Å². The number of rotatable bonds is 1. The van der Waals surface area contributed by atoms with Crippen LogP contribution in [0.5, 0.6) is 0 Å².